The van der Waals surface area contributed by atoms with Crippen LogP contribution >= 0.6 is 11.8 Å². The minimum Gasteiger partial charge on any atom is -0.481 e. The average molecular weight is 255 g/mol. The van der Waals surface area contributed by atoms with Crippen LogP contribution in [0, 0.1) is 0 Å². The summed E-state index contributed by atoms with van der Waals surface area (Å²) in [7, 11) is 0. The molecule has 0 bridgehead atoms. The highest BCUT2D eigenvalue weighted by atomic mass is 32.2. The second kappa shape index (κ2) is 7.89. The van der Waals surface area contributed by atoms with Gasteiger partial charge in [-0.15, -0.1) is 11.8 Å². The van der Waals surface area contributed by atoms with Crippen LogP contribution in [0.5, 0.6) is 0 Å². The van der Waals surface area contributed by atoms with Gasteiger partial charge in [0.1, 0.15) is 17.2 Å². The lowest BCUT2D eigenvalue weighted by Gasteiger charge is -2.05. The Bertz CT molecular complexity index is 360. The van der Waals surface area contributed by atoms with Gasteiger partial charge in [0.15, 0.2) is 0 Å². The molecule has 0 amide bonds. The van der Waals surface area contributed by atoms with E-state index in [9.17, 15) is 4.79 Å². The van der Waals surface area contributed by atoms with Crippen molar-refractivity contribution in [2.24, 2.45) is 0 Å². The van der Waals surface area contributed by atoms with Crippen LogP contribution < -0.4 is 5.32 Å². The summed E-state index contributed by atoms with van der Waals surface area (Å²) in [5.41, 5.74) is 0. The SMILES string of the molecule is CSc1cc(NCCCCCC(=O)O)ncn1. The van der Waals surface area contributed by atoms with E-state index in [1.165, 1.54) is 0 Å². The summed E-state index contributed by atoms with van der Waals surface area (Å²) in [6, 6.07) is 1.90. The lowest BCUT2D eigenvalue weighted by Crippen LogP contribution is -2.04. The molecule has 0 atom stereocenters. The average Bonchev–Trinajstić information content (AvgIpc) is 2.33. The van der Waals surface area contributed by atoms with E-state index in [4.69, 9.17) is 5.11 Å². The first-order valence-electron chi connectivity index (χ1n) is 5.54. The highest BCUT2D eigenvalue weighted by Gasteiger charge is 1.98. The topological polar surface area (TPSA) is 75.1 Å². The second-order valence-corrected chi connectivity index (χ2v) is 4.40. The molecular weight excluding hydrogens is 238 g/mol. The fraction of sp³-hybridized carbons (Fsp3) is 0.545. The molecule has 0 saturated heterocycles. The Hall–Kier alpha value is -1.30. The number of rotatable bonds is 8. The second-order valence-electron chi connectivity index (χ2n) is 3.58. The number of hydrogen-bond acceptors (Lipinski definition) is 5. The first-order valence-corrected chi connectivity index (χ1v) is 6.76. The lowest BCUT2D eigenvalue weighted by atomic mass is 10.2. The zero-order valence-electron chi connectivity index (χ0n) is 9.85. The number of anilines is 1. The van der Waals surface area contributed by atoms with E-state index in [0.717, 1.165) is 36.7 Å². The van der Waals surface area contributed by atoms with Gasteiger partial charge in [0.2, 0.25) is 0 Å². The van der Waals surface area contributed by atoms with Gasteiger partial charge >= 0.3 is 5.97 Å². The van der Waals surface area contributed by atoms with Crippen molar-refractivity contribution in [1.29, 1.82) is 0 Å². The van der Waals surface area contributed by atoms with Crippen molar-refractivity contribution in [1.82, 2.24) is 9.97 Å². The van der Waals surface area contributed by atoms with Gasteiger partial charge in [0, 0.05) is 19.0 Å². The Labute approximate surface area is 105 Å². The third-order valence-electron chi connectivity index (χ3n) is 2.22. The normalized spacial score (nSPS) is 10.2. The Kier molecular flexibility index (Phi) is 6.39. The molecule has 0 aliphatic heterocycles. The standard InChI is InChI=1S/C11H17N3O2S/c1-17-10-7-9(13-8-14-10)12-6-4-2-3-5-11(15)16/h7-8H,2-6H2,1H3,(H,15,16)(H,12,13,14). The number of hydrogen-bond donors (Lipinski definition) is 2. The van der Waals surface area contributed by atoms with E-state index in [1.807, 2.05) is 12.3 Å². The van der Waals surface area contributed by atoms with Gasteiger partial charge in [0.25, 0.3) is 0 Å². The summed E-state index contributed by atoms with van der Waals surface area (Å²) in [4.78, 5) is 18.5. The predicted molar refractivity (Wildman–Crippen MR) is 68.4 cm³/mol. The maximum atomic E-state index is 10.3. The molecule has 5 nitrogen and oxygen atoms in total. The Morgan fingerprint density at radius 1 is 1.41 bits per heavy atom. The van der Waals surface area contributed by atoms with Gasteiger partial charge in [-0.2, -0.15) is 0 Å². The summed E-state index contributed by atoms with van der Waals surface area (Å²) >= 11 is 1.58. The summed E-state index contributed by atoms with van der Waals surface area (Å²) in [6.45, 7) is 0.810. The number of nitrogens with zero attached hydrogens (tertiary/aromatic N) is 2. The molecule has 1 aromatic heterocycles. The maximum absolute atomic E-state index is 10.3. The van der Waals surface area contributed by atoms with Gasteiger partial charge in [0.05, 0.1) is 0 Å². The van der Waals surface area contributed by atoms with Gasteiger partial charge in [-0.3, -0.25) is 4.79 Å². The van der Waals surface area contributed by atoms with E-state index < -0.39 is 5.97 Å². The molecular formula is C11H17N3O2S. The largest absolute Gasteiger partial charge is 0.481 e. The highest BCUT2D eigenvalue weighted by molar-refractivity contribution is 7.98. The third-order valence-corrected chi connectivity index (χ3v) is 2.87. The molecule has 1 heterocycles. The minimum atomic E-state index is -0.724. The van der Waals surface area contributed by atoms with Crippen LogP contribution in [-0.2, 0) is 4.79 Å². The molecule has 1 rings (SSSR count). The van der Waals surface area contributed by atoms with E-state index in [0.29, 0.717) is 0 Å². The molecule has 0 aromatic carbocycles. The van der Waals surface area contributed by atoms with Gasteiger partial charge in [-0.1, -0.05) is 6.42 Å². The van der Waals surface area contributed by atoms with Crippen molar-refractivity contribution in [3.05, 3.63) is 12.4 Å². The molecule has 0 spiro atoms. The maximum Gasteiger partial charge on any atom is 0.303 e. The predicted octanol–water partition coefficient (Wildman–Crippen LogP) is 2.26. The quantitative estimate of drug-likeness (QED) is 0.421. The molecule has 6 heteroatoms. The zero-order valence-corrected chi connectivity index (χ0v) is 10.7. The van der Waals surface area contributed by atoms with Crippen molar-refractivity contribution < 1.29 is 9.90 Å². The molecule has 0 fully saturated rings. The lowest BCUT2D eigenvalue weighted by molar-refractivity contribution is -0.137. The van der Waals surface area contributed by atoms with Crippen molar-refractivity contribution in [3.8, 4) is 0 Å². The van der Waals surface area contributed by atoms with E-state index in [1.54, 1.807) is 18.1 Å². The van der Waals surface area contributed by atoms with Crippen molar-refractivity contribution in [2.45, 2.75) is 30.7 Å². The van der Waals surface area contributed by atoms with Crippen molar-refractivity contribution in [3.63, 3.8) is 0 Å². The smallest absolute Gasteiger partial charge is 0.303 e. The fourth-order valence-electron chi connectivity index (χ4n) is 1.34. The monoisotopic (exact) mass is 255 g/mol. The van der Waals surface area contributed by atoms with Crippen molar-refractivity contribution in [2.75, 3.05) is 18.1 Å². The molecule has 94 valence electrons. The van der Waals surface area contributed by atoms with E-state index in [-0.39, 0.29) is 6.42 Å². The summed E-state index contributed by atoms with van der Waals surface area (Å²) < 4.78 is 0. The number of carboxylic acid groups (broad SMARTS) is 1. The Morgan fingerprint density at radius 2 is 2.24 bits per heavy atom. The van der Waals surface area contributed by atoms with Crippen LogP contribution in [0.2, 0.25) is 0 Å². The highest BCUT2D eigenvalue weighted by Crippen LogP contribution is 2.13. The fourth-order valence-corrected chi connectivity index (χ4v) is 1.72. The van der Waals surface area contributed by atoms with Gasteiger partial charge in [-0.25, -0.2) is 9.97 Å². The molecule has 0 saturated carbocycles. The summed E-state index contributed by atoms with van der Waals surface area (Å²) in [6.07, 6.45) is 6.36. The zero-order chi connectivity index (χ0) is 12.5. The van der Waals surface area contributed by atoms with Crippen LogP contribution in [-0.4, -0.2) is 33.8 Å². The Morgan fingerprint density at radius 3 is 2.94 bits per heavy atom. The summed E-state index contributed by atoms with van der Waals surface area (Å²) in [5.74, 6) is 0.0981. The molecule has 0 unspecified atom stereocenters. The third kappa shape index (κ3) is 6.11. The molecule has 0 aliphatic rings. The van der Waals surface area contributed by atoms with Crippen LogP contribution in [0.4, 0.5) is 5.82 Å². The Balaban J connectivity index is 2.15. The number of unbranched alkanes of at least 4 members (excludes halogenated alkanes) is 2. The first-order chi connectivity index (χ1) is 8.22. The number of aromatic nitrogens is 2. The van der Waals surface area contributed by atoms with Crippen molar-refractivity contribution >= 4 is 23.5 Å². The van der Waals surface area contributed by atoms with E-state index >= 15 is 0 Å². The molecule has 0 radical (unpaired) electrons. The first kappa shape index (κ1) is 13.8. The van der Waals surface area contributed by atoms with Crippen LogP contribution in [0.15, 0.2) is 17.4 Å². The number of nitrogens with one attached hydrogen (secondary N) is 1. The number of carbonyl (C=O) groups is 1. The minimum absolute atomic E-state index is 0.254. The number of thioether (sulfide) groups is 1. The summed E-state index contributed by atoms with van der Waals surface area (Å²) in [5, 5.41) is 12.6. The molecule has 2 N–H and O–H groups in total. The van der Waals surface area contributed by atoms with Gasteiger partial charge in [-0.05, 0) is 19.1 Å². The molecule has 0 aliphatic carbocycles. The molecule has 1 aromatic rings. The van der Waals surface area contributed by atoms with Gasteiger partial charge < -0.3 is 10.4 Å². The van der Waals surface area contributed by atoms with Crippen LogP contribution in [0.3, 0.4) is 0 Å². The van der Waals surface area contributed by atoms with Crippen LogP contribution in [0.25, 0.3) is 0 Å². The van der Waals surface area contributed by atoms with Crippen LogP contribution in [0.1, 0.15) is 25.7 Å². The number of aliphatic carboxylic acids is 1. The molecule has 17 heavy (non-hydrogen) atoms. The number of carboxylic acids is 1. The van der Waals surface area contributed by atoms with E-state index in [2.05, 4.69) is 15.3 Å².